The molecular weight excluding hydrogens is 438 g/mol. The van der Waals surface area contributed by atoms with Gasteiger partial charge in [-0.2, -0.15) is 0 Å². The first-order chi connectivity index (χ1) is 15.8. The standard InChI is InChI=1S/C24H31N5O3S/c1-4-5-13-28-22(25)21(23(31)26-24(28)32)29(15-18-10-7-6-8-11-18)20(30)16-27(3)17(2)19-12-9-14-33-19/h6-12,14,17H,4-5,13,15-16,25H2,1-3H3,(H,26,31,32). The van der Waals surface area contributed by atoms with Crippen LogP contribution in [0.4, 0.5) is 11.5 Å². The lowest BCUT2D eigenvalue weighted by Crippen LogP contribution is -2.44. The molecule has 0 aliphatic heterocycles. The average molecular weight is 470 g/mol. The fourth-order valence-electron chi connectivity index (χ4n) is 3.62. The van der Waals surface area contributed by atoms with Crippen molar-refractivity contribution in [1.29, 1.82) is 0 Å². The third kappa shape index (κ3) is 5.80. The molecule has 0 spiro atoms. The number of benzene rings is 1. The second-order valence-electron chi connectivity index (χ2n) is 8.07. The molecule has 0 bridgehead atoms. The van der Waals surface area contributed by atoms with Crippen molar-refractivity contribution in [3.8, 4) is 0 Å². The normalized spacial score (nSPS) is 12.1. The number of aromatic amines is 1. The number of rotatable bonds is 10. The van der Waals surface area contributed by atoms with Crippen molar-refractivity contribution < 1.29 is 4.79 Å². The molecule has 3 N–H and O–H groups in total. The van der Waals surface area contributed by atoms with Gasteiger partial charge in [0, 0.05) is 17.5 Å². The number of nitrogens with one attached hydrogen (secondary N) is 1. The Morgan fingerprint density at radius 2 is 1.91 bits per heavy atom. The molecule has 0 radical (unpaired) electrons. The van der Waals surface area contributed by atoms with E-state index in [1.54, 1.807) is 11.3 Å². The molecule has 1 atom stereocenters. The summed E-state index contributed by atoms with van der Waals surface area (Å²) in [6.07, 6.45) is 1.59. The van der Waals surface area contributed by atoms with Crippen molar-refractivity contribution in [2.45, 2.75) is 45.8 Å². The zero-order valence-corrected chi connectivity index (χ0v) is 20.1. The van der Waals surface area contributed by atoms with Gasteiger partial charge in [-0.3, -0.25) is 28.9 Å². The summed E-state index contributed by atoms with van der Waals surface area (Å²) in [5.41, 5.74) is 5.96. The lowest BCUT2D eigenvalue weighted by molar-refractivity contribution is -0.120. The fourth-order valence-corrected chi connectivity index (χ4v) is 4.46. The van der Waals surface area contributed by atoms with Crippen LogP contribution in [0.15, 0.2) is 57.4 Å². The molecule has 0 aliphatic carbocycles. The number of amides is 1. The van der Waals surface area contributed by atoms with Crippen molar-refractivity contribution in [2.24, 2.45) is 0 Å². The van der Waals surface area contributed by atoms with Crippen LogP contribution in [0.5, 0.6) is 0 Å². The second-order valence-corrected chi connectivity index (χ2v) is 9.05. The number of carbonyl (C=O) groups is 1. The minimum absolute atomic E-state index is 0.00967. The summed E-state index contributed by atoms with van der Waals surface area (Å²) in [4.78, 5) is 45.6. The average Bonchev–Trinajstić information content (AvgIpc) is 3.33. The lowest BCUT2D eigenvalue weighted by Gasteiger charge is -2.29. The molecule has 1 aromatic carbocycles. The highest BCUT2D eigenvalue weighted by atomic mass is 32.1. The molecule has 0 saturated heterocycles. The van der Waals surface area contributed by atoms with Gasteiger partial charge in [0.25, 0.3) is 5.56 Å². The number of aromatic nitrogens is 2. The van der Waals surface area contributed by atoms with Gasteiger partial charge in [-0.25, -0.2) is 4.79 Å². The van der Waals surface area contributed by atoms with E-state index in [0.29, 0.717) is 6.54 Å². The van der Waals surface area contributed by atoms with Gasteiger partial charge in [0.2, 0.25) is 5.91 Å². The van der Waals surface area contributed by atoms with Crippen molar-refractivity contribution in [3.05, 3.63) is 79.1 Å². The van der Waals surface area contributed by atoms with E-state index < -0.39 is 11.2 Å². The van der Waals surface area contributed by atoms with Crippen LogP contribution in [0.3, 0.4) is 0 Å². The summed E-state index contributed by atoms with van der Waals surface area (Å²) in [7, 11) is 1.87. The molecule has 8 nitrogen and oxygen atoms in total. The third-order valence-electron chi connectivity index (χ3n) is 5.70. The molecule has 3 rings (SSSR count). The predicted octanol–water partition coefficient (Wildman–Crippen LogP) is 3.21. The van der Waals surface area contributed by atoms with Crippen LogP contribution < -0.4 is 21.9 Å². The number of unbranched alkanes of at least 4 members (excludes halogenated alkanes) is 1. The van der Waals surface area contributed by atoms with Crippen LogP contribution in [-0.4, -0.2) is 34.0 Å². The van der Waals surface area contributed by atoms with Crippen LogP contribution >= 0.6 is 11.3 Å². The van der Waals surface area contributed by atoms with Crippen molar-refractivity contribution >= 4 is 28.7 Å². The minimum Gasteiger partial charge on any atom is -0.383 e. The van der Waals surface area contributed by atoms with Gasteiger partial charge >= 0.3 is 5.69 Å². The number of hydrogen-bond donors (Lipinski definition) is 2. The number of likely N-dealkylation sites (N-methyl/N-ethyl adjacent to an activating group) is 1. The van der Waals surface area contributed by atoms with Crippen LogP contribution in [-0.2, 0) is 17.9 Å². The van der Waals surface area contributed by atoms with E-state index in [0.717, 1.165) is 23.3 Å². The summed E-state index contributed by atoms with van der Waals surface area (Å²) in [5.74, 6) is -0.266. The van der Waals surface area contributed by atoms with E-state index in [2.05, 4.69) is 4.98 Å². The summed E-state index contributed by atoms with van der Waals surface area (Å²) in [6.45, 7) is 4.66. The third-order valence-corrected chi connectivity index (χ3v) is 6.75. The number of thiophene rings is 1. The SMILES string of the molecule is CCCCn1c(N)c(N(Cc2ccccc2)C(=O)CN(C)C(C)c2cccs2)c(=O)[nH]c1=O. The molecule has 0 fully saturated rings. The number of nitrogens with two attached hydrogens (primary N) is 1. The molecule has 33 heavy (non-hydrogen) atoms. The highest BCUT2D eigenvalue weighted by Gasteiger charge is 2.26. The Balaban J connectivity index is 1.99. The van der Waals surface area contributed by atoms with Gasteiger partial charge in [0.05, 0.1) is 13.1 Å². The van der Waals surface area contributed by atoms with Gasteiger partial charge in [-0.05, 0) is 37.4 Å². The van der Waals surface area contributed by atoms with Crippen molar-refractivity contribution in [2.75, 3.05) is 24.2 Å². The van der Waals surface area contributed by atoms with E-state index in [-0.39, 0.29) is 36.5 Å². The molecule has 1 unspecified atom stereocenters. The molecule has 9 heteroatoms. The van der Waals surface area contributed by atoms with Crippen molar-refractivity contribution in [1.82, 2.24) is 14.5 Å². The summed E-state index contributed by atoms with van der Waals surface area (Å²) in [6, 6.07) is 13.4. The largest absolute Gasteiger partial charge is 0.383 e. The number of anilines is 2. The van der Waals surface area contributed by atoms with E-state index in [9.17, 15) is 14.4 Å². The fraction of sp³-hybridized carbons (Fsp3) is 0.375. The molecule has 0 saturated carbocycles. The predicted molar refractivity (Wildman–Crippen MR) is 134 cm³/mol. The maximum atomic E-state index is 13.5. The Morgan fingerprint density at radius 3 is 2.55 bits per heavy atom. The Hall–Kier alpha value is -3.17. The van der Waals surface area contributed by atoms with Crippen LogP contribution in [0.1, 0.15) is 43.2 Å². The number of hydrogen-bond acceptors (Lipinski definition) is 6. The molecule has 2 heterocycles. The van der Waals surface area contributed by atoms with E-state index in [1.807, 2.05) is 73.6 Å². The maximum absolute atomic E-state index is 13.5. The molecule has 176 valence electrons. The first kappa shape index (κ1) is 24.5. The van der Waals surface area contributed by atoms with Gasteiger partial charge in [-0.1, -0.05) is 49.7 Å². The number of nitrogens with zero attached hydrogens (tertiary/aromatic N) is 3. The summed E-state index contributed by atoms with van der Waals surface area (Å²) in [5, 5.41) is 2.00. The van der Waals surface area contributed by atoms with Gasteiger partial charge in [0.15, 0.2) is 5.69 Å². The number of nitrogen functional groups attached to an aromatic ring is 1. The first-order valence-electron chi connectivity index (χ1n) is 11.0. The van der Waals surface area contributed by atoms with Gasteiger partial charge in [-0.15, -0.1) is 11.3 Å². The van der Waals surface area contributed by atoms with E-state index >= 15 is 0 Å². The van der Waals surface area contributed by atoms with E-state index in [1.165, 1.54) is 9.47 Å². The van der Waals surface area contributed by atoms with Crippen LogP contribution in [0.2, 0.25) is 0 Å². The molecule has 3 aromatic rings. The van der Waals surface area contributed by atoms with Crippen molar-refractivity contribution in [3.63, 3.8) is 0 Å². The Labute approximate surface area is 197 Å². The van der Waals surface area contributed by atoms with Gasteiger partial charge < -0.3 is 5.73 Å². The molecule has 2 aromatic heterocycles. The smallest absolute Gasteiger partial charge is 0.330 e. The Kier molecular flexibility index (Phi) is 8.24. The minimum atomic E-state index is -0.663. The monoisotopic (exact) mass is 469 g/mol. The first-order valence-corrected chi connectivity index (χ1v) is 11.9. The lowest BCUT2D eigenvalue weighted by atomic mass is 10.2. The van der Waals surface area contributed by atoms with Gasteiger partial charge in [0.1, 0.15) is 5.82 Å². The molecule has 0 aliphatic rings. The van der Waals surface area contributed by atoms with E-state index in [4.69, 9.17) is 5.73 Å². The summed E-state index contributed by atoms with van der Waals surface area (Å²) < 4.78 is 1.34. The molecule has 1 amide bonds. The second kappa shape index (κ2) is 11.1. The van der Waals surface area contributed by atoms with Crippen LogP contribution in [0, 0.1) is 0 Å². The Morgan fingerprint density at radius 1 is 1.18 bits per heavy atom. The highest BCUT2D eigenvalue weighted by molar-refractivity contribution is 7.10. The number of carbonyl (C=O) groups excluding carboxylic acids is 1. The Bertz CT molecular complexity index is 1170. The zero-order valence-electron chi connectivity index (χ0n) is 19.3. The quantitative estimate of drug-likeness (QED) is 0.474. The molecular formula is C24H31N5O3S. The topological polar surface area (TPSA) is 104 Å². The maximum Gasteiger partial charge on any atom is 0.330 e. The zero-order chi connectivity index (χ0) is 24.0. The summed E-state index contributed by atoms with van der Waals surface area (Å²) >= 11 is 1.63. The van der Waals surface area contributed by atoms with Crippen LogP contribution in [0.25, 0.3) is 0 Å². The highest BCUT2D eigenvalue weighted by Crippen LogP contribution is 2.25. The number of H-pyrrole nitrogens is 1.